The Morgan fingerprint density at radius 3 is 2.95 bits per heavy atom. The van der Waals surface area contributed by atoms with Gasteiger partial charge in [-0.05, 0) is 25.5 Å². The average molecular weight is 294 g/mol. The van der Waals surface area contributed by atoms with Crippen LogP contribution in [0.15, 0.2) is 30.3 Å². The molecular formula is C14H16ClN3O2. The lowest BCUT2D eigenvalue weighted by atomic mass is 10.3. The lowest BCUT2D eigenvalue weighted by Crippen LogP contribution is -2.13. The highest BCUT2D eigenvalue weighted by molar-refractivity contribution is 6.32. The van der Waals surface area contributed by atoms with Crippen LogP contribution < -0.4 is 10.1 Å². The van der Waals surface area contributed by atoms with E-state index in [4.69, 9.17) is 16.3 Å². The minimum Gasteiger partial charge on any atom is -0.492 e. The first kappa shape index (κ1) is 14.4. The number of nitrogens with one attached hydrogen (secondary N) is 2. The van der Waals surface area contributed by atoms with Gasteiger partial charge >= 0.3 is 0 Å². The van der Waals surface area contributed by atoms with Crippen molar-refractivity contribution in [1.82, 2.24) is 10.2 Å². The normalized spacial score (nSPS) is 10.3. The number of aromatic amines is 1. The van der Waals surface area contributed by atoms with Crippen LogP contribution in [0.5, 0.6) is 5.75 Å². The Bertz CT molecular complexity index is 583. The first-order valence-corrected chi connectivity index (χ1v) is 6.72. The van der Waals surface area contributed by atoms with Crippen molar-refractivity contribution in [2.75, 3.05) is 11.9 Å². The topological polar surface area (TPSA) is 67.0 Å². The van der Waals surface area contributed by atoms with Crippen molar-refractivity contribution in [1.29, 1.82) is 0 Å². The average Bonchev–Trinajstić information content (AvgIpc) is 2.82. The number of halogens is 1. The van der Waals surface area contributed by atoms with Gasteiger partial charge < -0.3 is 10.1 Å². The van der Waals surface area contributed by atoms with Crippen LogP contribution in [0, 0.1) is 6.92 Å². The molecule has 0 unspecified atom stereocenters. The summed E-state index contributed by atoms with van der Waals surface area (Å²) in [4.78, 5) is 11.7. The van der Waals surface area contributed by atoms with E-state index in [1.807, 2.05) is 19.1 Å². The Hall–Kier alpha value is -2.01. The monoisotopic (exact) mass is 293 g/mol. The van der Waals surface area contributed by atoms with Gasteiger partial charge in [0.25, 0.3) is 0 Å². The predicted molar refractivity (Wildman–Crippen MR) is 78.1 cm³/mol. The summed E-state index contributed by atoms with van der Waals surface area (Å²) in [5.74, 6) is 1.09. The van der Waals surface area contributed by atoms with Gasteiger partial charge in [0.15, 0.2) is 5.82 Å². The number of H-pyrrole nitrogens is 1. The van der Waals surface area contributed by atoms with Crippen LogP contribution in [0.2, 0.25) is 5.02 Å². The fraction of sp³-hybridized carbons (Fsp3) is 0.286. The molecule has 0 fully saturated rings. The Balaban J connectivity index is 1.68. The number of amides is 1. The number of para-hydroxylation sites is 1. The van der Waals surface area contributed by atoms with Gasteiger partial charge in [-0.2, -0.15) is 5.10 Å². The molecule has 0 radical (unpaired) electrons. The van der Waals surface area contributed by atoms with E-state index < -0.39 is 0 Å². The maximum Gasteiger partial charge on any atom is 0.225 e. The number of rotatable bonds is 6. The molecule has 5 nitrogen and oxygen atoms in total. The van der Waals surface area contributed by atoms with Gasteiger partial charge in [0, 0.05) is 18.2 Å². The van der Waals surface area contributed by atoms with Crippen LogP contribution in [0.1, 0.15) is 18.5 Å². The molecule has 1 aromatic heterocycles. The van der Waals surface area contributed by atoms with E-state index in [1.54, 1.807) is 18.2 Å². The van der Waals surface area contributed by atoms with Gasteiger partial charge in [-0.15, -0.1) is 0 Å². The summed E-state index contributed by atoms with van der Waals surface area (Å²) < 4.78 is 5.51. The van der Waals surface area contributed by atoms with Crippen molar-refractivity contribution < 1.29 is 9.53 Å². The molecular weight excluding hydrogens is 278 g/mol. The molecule has 2 aromatic rings. The Labute approximate surface area is 122 Å². The molecule has 0 atom stereocenters. The molecule has 6 heteroatoms. The zero-order valence-electron chi connectivity index (χ0n) is 11.1. The molecule has 0 bridgehead atoms. The highest BCUT2D eigenvalue weighted by atomic mass is 35.5. The quantitative estimate of drug-likeness (QED) is 0.804. The molecule has 0 saturated carbocycles. The van der Waals surface area contributed by atoms with Crippen LogP contribution in [0.25, 0.3) is 0 Å². The molecule has 1 heterocycles. The van der Waals surface area contributed by atoms with E-state index in [2.05, 4.69) is 15.5 Å². The number of aromatic nitrogens is 2. The number of benzene rings is 1. The third-order valence-electron chi connectivity index (χ3n) is 2.62. The maximum absolute atomic E-state index is 11.7. The first-order chi connectivity index (χ1) is 9.65. The van der Waals surface area contributed by atoms with Crippen molar-refractivity contribution in [2.24, 2.45) is 0 Å². The van der Waals surface area contributed by atoms with Crippen LogP contribution in [0.4, 0.5) is 5.82 Å². The van der Waals surface area contributed by atoms with E-state index in [0.717, 1.165) is 5.69 Å². The lowest BCUT2D eigenvalue weighted by Gasteiger charge is -2.07. The number of carbonyl (C=O) groups is 1. The number of nitrogens with zero attached hydrogens (tertiary/aromatic N) is 1. The number of hydrogen-bond acceptors (Lipinski definition) is 3. The second-order valence-corrected chi connectivity index (χ2v) is 4.77. The second-order valence-electron chi connectivity index (χ2n) is 4.37. The second kappa shape index (κ2) is 6.96. The molecule has 0 aliphatic rings. The number of ether oxygens (including phenoxy) is 1. The molecule has 1 aromatic carbocycles. The van der Waals surface area contributed by atoms with Gasteiger partial charge in [0.1, 0.15) is 5.75 Å². The smallest absolute Gasteiger partial charge is 0.225 e. The summed E-state index contributed by atoms with van der Waals surface area (Å²) in [6.45, 7) is 2.32. The Morgan fingerprint density at radius 1 is 1.45 bits per heavy atom. The molecule has 2 N–H and O–H groups in total. The summed E-state index contributed by atoms with van der Waals surface area (Å²) in [6, 6.07) is 9.04. The molecule has 0 spiro atoms. The number of carbonyl (C=O) groups excluding carboxylic acids is 1. The van der Waals surface area contributed by atoms with Crippen LogP contribution in [-0.2, 0) is 4.79 Å². The van der Waals surface area contributed by atoms with Crippen molar-refractivity contribution in [3.05, 3.63) is 41.0 Å². The van der Waals surface area contributed by atoms with Gasteiger partial charge in [-0.3, -0.25) is 9.89 Å². The highest BCUT2D eigenvalue weighted by Crippen LogP contribution is 2.23. The highest BCUT2D eigenvalue weighted by Gasteiger charge is 2.05. The van der Waals surface area contributed by atoms with Crippen LogP contribution >= 0.6 is 11.6 Å². The van der Waals surface area contributed by atoms with Gasteiger partial charge in [-0.1, -0.05) is 23.7 Å². The summed E-state index contributed by atoms with van der Waals surface area (Å²) >= 11 is 5.96. The Kier molecular flexibility index (Phi) is 5.01. The zero-order chi connectivity index (χ0) is 14.4. The molecule has 106 valence electrons. The van der Waals surface area contributed by atoms with Crippen molar-refractivity contribution >= 4 is 23.3 Å². The summed E-state index contributed by atoms with van der Waals surface area (Å²) in [5, 5.41) is 9.99. The van der Waals surface area contributed by atoms with E-state index in [0.29, 0.717) is 36.0 Å². The summed E-state index contributed by atoms with van der Waals surface area (Å²) in [6.07, 6.45) is 0.983. The predicted octanol–water partition coefficient (Wildman–Crippen LogP) is 3.17. The number of hydrogen-bond donors (Lipinski definition) is 2. The molecule has 20 heavy (non-hydrogen) atoms. The van der Waals surface area contributed by atoms with Gasteiger partial charge in [-0.25, -0.2) is 0 Å². The molecule has 1 amide bonds. The summed E-state index contributed by atoms with van der Waals surface area (Å²) in [5.41, 5.74) is 0.905. The molecule has 0 aliphatic carbocycles. The van der Waals surface area contributed by atoms with E-state index in [1.165, 1.54) is 0 Å². The number of aryl methyl sites for hydroxylation is 1. The van der Waals surface area contributed by atoms with E-state index >= 15 is 0 Å². The fourth-order valence-electron chi connectivity index (χ4n) is 1.66. The third kappa shape index (κ3) is 4.28. The lowest BCUT2D eigenvalue weighted by molar-refractivity contribution is -0.116. The SMILES string of the molecule is Cc1cc(NC(=O)CCCOc2ccccc2Cl)n[nH]1. The largest absolute Gasteiger partial charge is 0.492 e. The molecule has 2 rings (SSSR count). The minimum absolute atomic E-state index is 0.0840. The van der Waals surface area contributed by atoms with E-state index in [9.17, 15) is 4.79 Å². The van der Waals surface area contributed by atoms with Crippen molar-refractivity contribution in [3.63, 3.8) is 0 Å². The zero-order valence-corrected chi connectivity index (χ0v) is 11.9. The number of anilines is 1. The molecule has 0 saturated heterocycles. The van der Waals surface area contributed by atoms with E-state index in [-0.39, 0.29) is 5.91 Å². The van der Waals surface area contributed by atoms with Crippen LogP contribution in [-0.4, -0.2) is 22.7 Å². The summed E-state index contributed by atoms with van der Waals surface area (Å²) in [7, 11) is 0. The fourth-order valence-corrected chi connectivity index (χ4v) is 1.85. The maximum atomic E-state index is 11.7. The third-order valence-corrected chi connectivity index (χ3v) is 2.93. The molecule has 0 aliphatic heterocycles. The van der Waals surface area contributed by atoms with Crippen molar-refractivity contribution in [3.8, 4) is 5.75 Å². The van der Waals surface area contributed by atoms with Crippen molar-refractivity contribution in [2.45, 2.75) is 19.8 Å². The van der Waals surface area contributed by atoms with Gasteiger partial charge in [0.2, 0.25) is 5.91 Å². The Morgan fingerprint density at radius 2 is 2.25 bits per heavy atom. The minimum atomic E-state index is -0.0840. The van der Waals surface area contributed by atoms with Gasteiger partial charge in [0.05, 0.1) is 11.6 Å². The van der Waals surface area contributed by atoms with Crippen LogP contribution in [0.3, 0.4) is 0 Å². The first-order valence-electron chi connectivity index (χ1n) is 6.34. The standard InChI is InChI=1S/C14H16ClN3O2/c1-10-9-13(18-17-10)16-14(19)7-4-8-20-12-6-3-2-5-11(12)15/h2-3,5-6,9H,4,7-8H2,1H3,(H2,16,17,18,19).